The van der Waals surface area contributed by atoms with Crippen molar-refractivity contribution in [1.82, 2.24) is 0 Å². The predicted octanol–water partition coefficient (Wildman–Crippen LogP) is -0.369. The van der Waals surface area contributed by atoms with Crippen molar-refractivity contribution in [2.24, 2.45) is 57.7 Å². The van der Waals surface area contributed by atoms with Crippen LogP contribution in [-0.2, 0) is 28.4 Å². The van der Waals surface area contributed by atoms with Crippen LogP contribution in [0.15, 0.2) is 0 Å². The van der Waals surface area contributed by atoms with Crippen molar-refractivity contribution in [3.05, 3.63) is 0 Å². The van der Waals surface area contributed by atoms with E-state index in [4.69, 9.17) is 28.4 Å². The molecule has 5 saturated carbocycles. The number of ether oxygens (including phenoxy) is 6. The molecule has 3 aliphatic heterocycles. The summed E-state index contributed by atoms with van der Waals surface area (Å²) >= 11 is 0. The van der Waals surface area contributed by atoms with Crippen molar-refractivity contribution in [3.63, 3.8) is 0 Å². The minimum absolute atomic E-state index is 0.0105. The monoisotopic (exact) mass is 786 g/mol. The van der Waals surface area contributed by atoms with Gasteiger partial charge < -0.3 is 74.4 Å². The molecule has 0 bridgehead atoms. The molecule has 8 aliphatic rings. The molecule has 0 unspecified atom stereocenters. The van der Waals surface area contributed by atoms with E-state index in [9.17, 15) is 46.0 Å². The van der Waals surface area contributed by atoms with E-state index < -0.39 is 91.9 Å². The second kappa shape index (κ2) is 14.5. The summed E-state index contributed by atoms with van der Waals surface area (Å²) in [6.07, 6.45) is -7.56. The Balaban J connectivity index is 0.943. The van der Waals surface area contributed by atoms with Crippen molar-refractivity contribution in [1.29, 1.82) is 0 Å². The van der Waals surface area contributed by atoms with Crippen LogP contribution < -0.4 is 0 Å². The SMILES string of the molecule is CO[C@]1(CC[C@H](C)CO[C@H]2O[C@@H](CO)[C@H](O)[C@@H](O)[C@@H]2O)O[C@H]2C[C@H]3[C@H]4C[C@H](O)[C@@]56C[C@@H]5C[C@H](O[C@H]5O[C@@H](CO)[C@H](O)[C@@H](O)[C@@H]5O)[C@@]6(C)[C@@H]4CC[C@@]3(C)[C@H]2[C@@H]1C. The zero-order valence-corrected chi connectivity index (χ0v) is 32.8. The highest BCUT2D eigenvalue weighted by Gasteiger charge is 2.81. The molecule has 9 N–H and O–H groups in total. The van der Waals surface area contributed by atoms with Gasteiger partial charge in [-0.1, -0.05) is 27.7 Å². The molecule has 316 valence electrons. The number of hydrogen-bond acceptors (Lipinski definition) is 15. The highest BCUT2D eigenvalue weighted by Crippen LogP contribution is 2.82. The Bertz CT molecular complexity index is 1390. The fourth-order valence-corrected chi connectivity index (χ4v) is 14.1. The lowest BCUT2D eigenvalue weighted by molar-refractivity contribution is -0.327. The van der Waals surface area contributed by atoms with Crippen LogP contribution >= 0.6 is 0 Å². The van der Waals surface area contributed by atoms with E-state index >= 15 is 0 Å². The quantitative estimate of drug-likeness (QED) is 0.130. The van der Waals surface area contributed by atoms with Gasteiger partial charge in [-0.05, 0) is 85.9 Å². The van der Waals surface area contributed by atoms with E-state index in [1.165, 1.54) is 0 Å². The lowest BCUT2D eigenvalue weighted by atomic mass is 9.44. The molecule has 15 heteroatoms. The molecule has 0 amide bonds. The van der Waals surface area contributed by atoms with Crippen LogP contribution in [-0.4, -0.2) is 158 Å². The van der Waals surface area contributed by atoms with Gasteiger partial charge in [0.2, 0.25) is 0 Å². The summed E-state index contributed by atoms with van der Waals surface area (Å²) in [6.45, 7) is 8.13. The van der Waals surface area contributed by atoms with Gasteiger partial charge in [0.25, 0.3) is 0 Å². The van der Waals surface area contributed by atoms with Gasteiger partial charge in [0.1, 0.15) is 48.8 Å². The van der Waals surface area contributed by atoms with Crippen LogP contribution in [0, 0.1) is 57.7 Å². The predicted molar refractivity (Wildman–Crippen MR) is 190 cm³/mol. The number of fused-ring (bicyclic) bond motifs is 6. The van der Waals surface area contributed by atoms with Crippen molar-refractivity contribution in [3.8, 4) is 0 Å². The zero-order valence-electron chi connectivity index (χ0n) is 32.8. The topological polar surface area (TPSA) is 237 Å². The van der Waals surface area contributed by atoms with Gasteiger partial charge in [-0.25, -0.2) is 0 Å². The normalized spacial score (nSPS) is 58.7. The molecule has 55 heavy (non-hydrogen) atoms. The molecular formula is C40H66O15. The molecule has 8 fully saturated rings. The van der Waals surface area contributed by atoms with Crippen LogP contribution in [0.2, 0.25) is 0 Å². The summed E-state index contributed by atoms with van der Waals surface area (Å²) in [5.41, 5.74) is -0.707. The zero-order chi connectivity index (χ0) is 39.6. The van der Waals surface area contributed by atoms with E-state index in [0.717, 1.165) is 38.5 Å². The van der Waals surface area contributed by atoms with E-state index in [-0.39, 0.29) is 59.2 Å². The van der Waals surface area contributed by atoms with E-state index in [1.807, 2.05) is 6.92 Å². The van der Waals surface area contributed by atoms with Crippen molar-refractivity contribution in [2.45, 2.75) is 165 Å². The molecule has 0 aromatic rings. The van der Waals surface area contributed by atoms with Crippen molar-refractivity contribution >= 4 is 0 Å². The van der Waals surface area contributed by atoms with E-state index in [0.29, 0.717) is 24.7 Å². The van der Waals surface area contributed by atoms with Crippen LogP contribution in [0.5, 0.6) is 0 Å². The summed E-state index contributed by atoms with van der Waals surface area (Å²) < 4.78 is 37.1. The molecule has 0 aromatic heterocycles. The average molecular weight is 787 g/mol. The van der Waals surface area contributed by atoms with Gasteiger partial charge in [0.05, 0.1) is 38.1 Å². The first kappa shape index (κ1) is 41.1. The average Bonchev–Trinajstić information content (AvgIpc) is 3.61. The molecule has 24 atom stereocenters. The minimum Gasteiger partial charge on any atom is -0.394 e. The van der Waals surface area contributed by atoms with Gasteiger partial charge in [0, 0.05) is 30.3 Å². The van der Waals surface area contributed by atoms with Crippen molar-refractivity contribution < 1.29 is 74.4 Å². The Labute approximate surface area is 323 Å². The third-order valence-electron chi connectivity index (χ3n) is 17.2. The number of methoxy groups -OCH3 is 1. The summed E-state index contributed by atoms with van der Waals surface area (Å²) in [5.74, 6) is 0.681. The van der Waals surface area contributed by atoms with Crippen LogP contribution in [0.3, 0.4) is 0 Å². The highest BCUT2D eigenvalue weighted by atomic mass is 16.7. The Kier molecular flexibility index (Phi) is 10.9. The second-order valence-corrected chi connectivity index (χ2v) is 19.4. The largest absolute Gasteiger partial charge is 0.394 e. The Morgan fingerprint density at radius 2 is 1.44 bits per heavy atom. The van der Waals surface area contributed by atoms with Crippen molar-refractivity contribution in [2.75, 3.05) is 26.9 Å². The fraction of sp³-hybridized carbons (Fsp3) is 1.00. The van der Waals surface area contributed by atoms with Gasteiger partial charge in [-0.15, -0.1) is 0 Å². The number of aliphatic hydroxyl groups excluding tert-OH is 9. The molecule has 3 heterocycles. The van der Waals surface area contributed by atoms with Gasteiger partial charge in [-0.2, -0.15) is 0 Å². The maximum Gasteiger partial charge on any atom is 0.186 e. The first-order valence-electron chi connectivity index (χ1n) is 20.8. The van der Waals surface area contributed by atoms with Crippen LogP contribution in [0.1, 0.15) is 79.1 Å². The summed E-state index contributed by atoms with van der Waals surface area (Å²) in [7, 11) is 1.71. The maximum atomic E-state index is 12.1. The molecular weight excluding hydrogens is 720 g/mol. The summed E-state index contributed by atoms with van der Waals surface area (Å²) in [5, 5.41) is 93.8. The maximum absolute atomic E-state index is 12.1. The molecule has 15 nitrogen and oxygen atoms in total. The molecule has 1 spiro atoms. The second-order valence-electron chi connectivity index (χ2n) is 19.4. The lowest BCUT2D eigenvalue weighted by Crippen LogP contribution is -2.63. The Hall–Kier alpha value is -0.600. The van der Waals surface area contributed by atoms with E-state index in [1.54, 1.807) is 7.11 Å². The standard InChI is InChI=1S/C40H66O15/c1-17(16-51-35-33(48)31(46)29(44)24(14-41)52-35)6-9-40(50-5)18(2)28-23(55-40)12-22-20-11-26(43)39-13-19(39)10-27(38(39,4)21(20)7-8-37(22,28)3)54-36-34(49)32(47)30(45)25(15-42)53-36/h17-36,41-49H,6-16H2,1-5H3/t17-,18-,19-,20-,21+,22-,23-,24-,25-,26-,27-,28-,29-,30-,31+,32+,33-,34-,35-,36+,37+,38+,39+,40+/m0/s1. The number of aliphatic hydroxyl groups is 9. The van der Waals surface area contributed by atoms with Gasteiger partial charge in [-0.3, -0.25) is 0 Å². The van der Waals surface area contributed by atoms with E-state index in [2.05, 4.69) is 20.8 Å². The molecule has 3 saturated heterocycles. The smallest absolute Gasteiger partial charge is 0.186 e. The number of hydrogen-bond donors (Lipinski definition) is 9. The third kappa shape index (κ3) is 5.92. The Morgan fingerprint density at radius 3 is 2.07 bits per heavy atom. The number of rotatable bonds is 11. The first-order chi connectivity index (χ1) is 26.0. The van der Waals surface area contributed by atoms with Gasteiger partial charge in [0.15, 0.2) is 18.4 Å². The highest BCUT2D eigenvalue weighted by molar-refractivity contribution is 5.29. The molecule has 0 aromatic carbocycles. The fourth-order valence-electron chi connectivity index (χ4n) is 14.1. The molecule has 5 aliphatic carbocycles. The summed E-state index contributed by atoms with van der Waals surface area (Å²) in [6, 6.07) is 0. The van der Waals surface area contributed by atoms with Crippen LogP contribution in [0.4, 0.5) is 0 Å². The van der Waals surface area contributed by atoms with Gasteiger partial charge >= 0.3 is 0 Å². The molecule has 8 rings (SSSR count). The lowest BCUT2D eigenvalue weighted by Gasteiger charge is -2.62. The Morgan fingerprint density at radius 1 is 0.800 bits per heavy atom. The first-order valence-corrected chi connectivity index (χ1v) is 20.8. The third-order valence-corrected chi connectivity index (χ3v) is 17.2. The molecule has 0 radical (unpaired) electrons. The minimum atomic E-state index is -1.51. The van der Waals surface area contributed by atoms with Crippen LogP contribution in [0.25, 0.3) is 0 Å². The summed E-state index contributed by atoms with van der Waals surface area (Å²) in [4.78, 5) is 0.